The highest BCUT2D eigenvalue weighted by Crippen LogP contribution is 2.28. The molecule has 2 aliphatic rings. The first-order chi connectivity index (χ1) is 14.0. The second kappa shape index (κ2) is 8.24. The molecule has 7 nitrogen and oxygen atoms in total. The van der Waals surface area contributed by atoms with E-state index in [0.717, 1.165) is 12.8 Å². The zero-order chi connectivity index (χ0) is 20.4. The minimum Gasteiger partial charge on any atom is -0.492 e. The summed E-state index contributed by atoms with van der Waals surface area (Å²) in [7, 11) is 0. The van der Waals surface area contributed by atoms with Gasteiger partial charge >= 0.3 is 0 Å². The highest BCUT2D eigenvalue weighted by molar-refractivity contribution is 6.32. The Kier molecular flexibility index (Phi) is 5.53. The summed E-state index contributed by atoms with van der Waals surface area (Å²) in [5.41, 5.74) is 0.814. The number of ether oxygens (including phenoxy) is 2. The Morgan fingerprint density at radius 3 is 2.90 bits per heavy atom. The highest BCUT2D eigenvalue weighted by atomic mass is 35.5. The molecular weight excluding hydrogens is 401 g/mol. The molecule has 0 radical (unpaired) electrons. The van der Waals surface area contributed by atoms with Gasteiger partial charge in [-0.05, 0) is 43.0 Å². The lowest BCUT2D eigenvalue weighted by atomic mass is 9.97. The molecule has 1 saturated heterocycles. The first-order valence-corrected chi connectivity index (χ1v) is 9.67. The van der Waals surface area contributed by atoms with Crippen molar-refractivity contribution in [2.45, 2.75) is 12.8 Å². The van der Waals surface area contributed by atoms with E-state index in [1.807, 2.05) is 0 Å². The van der Waals surface area contributed by atoms with Gasteiger partial charge in [0.1, 0.15) is 17.3 Å². The van der Waals surface area contributed by atoms with E-state index in [1.54, 1.807) is 11.0 Å². The van der Waals surface area contributed by atoms with Crippen molar-refractivity contribution in [3.05, 3.63) is 46.9 Å². The molecule has 0 unspecified atom stereocenters. The van der Waals surface area contributed by atoms with Crippen LogP contribution in [-0.2, 0) is 4.79 Å². The van der Waals surface area contributed by atoms with Gasteiger partial charge in [0.05, 0.1) is 17.2 Å². The van der Waals surface area contributed by atoms with Gasteiger partial charge in [-0.15, -0.1) is 0 Å². The van der Waals surface area contributed by atoms with Crippen molar-refractivity contribution in [2.24, 2.45) is 5.92 Å². The number of fused-ring (bicyclic) bond motifs is 1. The molecule has 152 valence electrons. The Balaban J connectivity index is 1.32. The predicted molar refractivity (Wildman–Crippen MR) is 104 cm³/mol. The SMILES string of the molecule is O=C1COc2ncc(C(=O)N3CCC(COc4ccc(F)cc4Cl)CC3)cc2N1. The quantitative estimate of drug-likeness (QED) is 0.823. The van der Waals surface area contributed by atoms with Gasteiger partial charge in [0.15, 0.2) is 6.61 Å². The maximum absolute atomic E-state index is 13.1. The van der Waals surface area contributed by atoms with Crippen molar-refractivity contribution in [1.82, 2.24) is 9.88 Å². The maximum atomic E-state index is 13.1. The summed E-state index contributed by atoms with van der Waals surface area (Å²) in [4.78, 5) is 30.1. The summed E-state index contributed by atoms with van der Waals surface area (Å²) in [5.74, 6) is 0.228. The number of piperidine rings is 1. The number of hydrogen-bond donors (Lipinski definition) is 1. The standard InChI is InChI=1S/C20H19ClFN3O4/c21-15-8-14(22)1-2-17(15)28-10-12-3-5-25(6-4-12)20(27)13-7-16-19(23-9-13)29-11-18(26)24-16/h1-2,7-9,12H,3-6,10-11H2,(H,24,26). The van der Waals surface area contributed by atoms with Gasteiger partial charge in [0, 0.05) is 19.3 Å². The van der Waals surface area contributed by atoms with E-state index in [-0.39, 0.29) is 29.4 Å². The minimum atomic E-state index is -0.406. The zero-order valence-electron chi connectivity index (χ0n) is 15.5. The molecule has 4 rings (SSSR count). The first-order valence-electron chi connectivity index (χ1n) is 9.29. The van der Waals surface area contributed by atoms with Crippen LogP contribution in [-0.4, -0.2) is 48.0 Å². The average molecular weight is 420 g/mol. The molecule has 9 heteroatoms. The summed E-state index contributed by atoms with van der Waals surface area (Å²) in [6.07, 6.45) is 3.02. The monoisotopic (exact) mass is 419 g/mol. The van der Waals surface area contributed by atoms with E-state index < -0.39 is 5.82 Å². The van der Waals surface area contributed by atoms with E-state index in [4.69, 9.17) is 21.1 Å². The van der Waals surface area contributed by atoms with Crippen LogP contribution in [0.1, 0.15) is 23.2 Å². The maximum Gasteiger partial charge on any atom is 0.262 e. The number of likely N-dealkylation sites (tertiary alicyclic amines) is 1. The van der Waals surface area contributed by atoms with Gasteiger partial charge in [-0.3, -0.25) is 9.59 Å². The van der Waals surface area contributed by atoms with Crippen LogP contribution in [0.2, 0.25) is 5.02 Å². The van der Waals surface area contributed by atoms with Crippen LogP contribution >= 0.6 is 11.6 Å². The Morgan fingerprint density at radius 2 is 2.14 bits per heavy atom. The number of carbonyl (C=O) groups excluding carboxylic acids is 2. The number of aromatic nitrogens is 1. The van der Waals surface area contributed by atoms with Crippen LogP contribution in [0.15, 0.2) is 30.5 Å². The molecule has 1 fully saturated rings. The van der Waals surface area contributed by atoms with Crippen LogP contribution in [0.3, 0.4) is 0 Å². The zero-order valence-corrected chi connectivity index (χ0v) is 16.2. The molecule has 1 aromatic heterocycles. The molecule has 0 spiro atoms. The Hall–Kier alpha value is -2.87. The number of halogens is 2. The van der Waals surface area contributed by atoms with Crippen LogP contribution in [0.5, 0.6) is 11.6 Å². The topological polar surface area (TPSA) is 80.8 Å². The van der Waals surface area contributed by atoms with Gasteiger partial charge in [-0.2, -0.15) is 0 Å². The van der Waals surface area contributed by atoms with Gasteiger partial charge in [-0.1, -0.05) is 11.6 Å². The summed E-state index contributed by atoms with van der Waals surface area (Å²) >= 11 is 5.98. The molecule has 3 heterocycles. The number of amides is 2. The summed E-state index contributed by atoms with van der Waals surface area (Å²) < 4.78 is 24.0. The van der Waals surface area contributed by atoms with Crippen molar-refractivity contribution >= 4 is 29.1 Å². The van der Waals surface area contributed by atoms with Crippen LogP contribution in [0, 0.1) is 11.7 Å². The number of nitrogens with zero attached hydrogens (tertiary/aromatic N) is 2. The van der Waals surface area contributed by atoms with Gasteiger partial charge < -0.3 is 19.7 Å². The molecule has 0 bridgehead atoms. The van der Waals surface area contributed by atoms with Crippen molar-refractivity contribution in [1.29, 1.82) is 0 Å². The van der Waals surface area contributed by atoms with Gasteiger partial charge in [0.2, 0.25) is 5.88 Å². The molecule has 2 aliphatic heterocycles. The highest BCUT2D eigenvalue weighted by Gasteiger charge is 2.26. The van der Waals surface area contributed by atoms with Crippen molar-refractivity contribution in [3.8, 4) is 11.6 Å². The van der Waals surface area contributed by atoms with E-state index in [1.165, 1.54) is 24.4 Å². The largest absolute Gasteiger partial charge is 0.492 e. The van der Waals surface area contributed by atoms with E-state index in [2.05, 4.69) is 10.3 Å². The van der Waals surface area contributed by atoms with E-state index in [0.29, 0.717) is 42.6 Å². The number of carbonyl (C=O) groups is 2. The fraction of sp³-hybridized carbons (Fsp3) is 0.350. The number of hydrogen-bond acceptors (Lipinski definition) is 5. The molecule has 1 aromatic carbocycles. The smallest absolute Gasteiger partial charge is 0.262 e. The van der Waals surface area contributed by atoms with Crippen molar-refractivity contribution in [3.63, 3.8) is 0 Å². The third-order valence-corrected chi connectivity index (χ3v) is 5.28. The number of pyridine rings is 1. The molecule has 0 aliphatic carbocycles. The number of benzene rings is 1. The van der Waals surface area contributed by atoms with Crippen LogP contribution in [0.4, 0.5) is 10.1 Å². The molecule has 29 heavy (non-hydrogen) atoms. The Labute approximate surface area is 171 Å². The first kappa shape index (κ1) is 19.4. The second-order valence-corrected chi connectivity index (χ2v) is 7.44. The molecular formula is C20H19ClFN3O4. The third kappa shape index (κ3) is 4.42. The van der Waals surface area contributed by atoms with Gasteiger partial charge in [-0.25, -0.2) is 9.37 Å². The second-order valence-electron chi connectivity index (χ2n) is 7.03. The third-order valence-electron chi connectivity index (χ3n) is 4.98. The molecule has 2 amide bonds. The lowest BCUT2D eigenvalue weighted by Crippen LogP contribution is -2.39. The average Bonchev–Trinajstić information content (AvgIpc) is 2.72. The summed E-state index contributed by atoms with van der Waals surface area (Å²) in [5, 5.41) is 2.90. The van der Waals surface area contributed by atoms with Crippen LogP contribution in [0.25, 0.3) is 0 Å². The molecule has 0 saturated carbocycles. The van der Waals surface area contributed by atoms with Crippen LogP contribution < -0.4 is 14.8 Å². The van der Waals surface area contributed by atoms with E-state index in [9.17, 15) is 14.0 Å². The van der Waals surface area contributed by atoms with Gasteiger partial charge in [0.25, 0.3) is 11.8 Å². The summed E-state index contributed by atoms with van der Waals surface area (Å²) in [6.45, 7) is 1.55. The summed E-state index contributed by atoms with van der Waals surface area (Å²) in [6, 6.07) is 5.64. The predicted octanol–water partition coefficient (Wildman–Crippen LogP) is 3.14. The van der Waals surface area contributed by atoms with E-state index >= 15 is 0 Å². The minimum absolute atomic E-state index is 0.0774. The fourth-order valence-electron chi connectivity index (χ4n) is 3.38. The lowest BCUT2D eigenvalue weighted by Gasteiger charge is -2.32. The number of anilines is 1. The Morgan fingerprint density at radius 1 is 1.34 bits per heavy atom. The molecule has 0 atom stereocenters. The molecule has 2 aromatic rings. The van der Waals surface area contributed by atoms with Crippen molar-refractivity contribution in [2.75, 3.05) is 31.6 Å². The van der Waals surface area contributed by atoms with Crippen molar-refractivity contribution < 1.29 is 23.5 Å². The Bertz CT molecular complexity index is 947. The lowest BCUT2D eigenvalue weighted by molar-refractivity contribution is -0.118. The number of nitrogens with one attached hydrogen (secondary N) is 1. The molecule has 1 N–H and O–H groups in total. The fourth-order valence-corrected chi connectivity index (χ4v) is 3.60. The number of rotatable bonds is 4. The normalized spacial score (nSPS) is 16.6.